The summed E-state index contributed by atoms with van der Waals surface area (Å²) in [6.45, 7) is 6.80. The molecular weight excluding hydrogens is 187 g/mol. The van der Waals surface area contributed by atoms with Crippen LogP contribution in [0.5, 0.6) is 0 Å². The van der Waals surface area contributed by atoms with Crippen molar-refractivity contribution >= 4 is 19.6 Å². The van der Waals surface area contributed by atoms with Gasteiger partial charge in [0.1, 0.15) is 0 Å². The number of fused-ring (bicyclic) bond motifs is 1. The Kier molecular flexibility index (Phi) is 2.76. The van der Waals surface area contributed by atoms with Crippen LogP contribution in [0.2, 0.25) is 5.31 Å². The molecule has 0 saturated heterocycles. The second-order valence-electron chi connectivity index (χ2n) is 5.25. The van der Waals surface area contributed by atoms with Gasteiger partial charge in [-0.2, -0.15) is 0 Å². The van der Waals surface area contributed by atoms with E-state index < -0.39 is 0 Å². The first kappa shape index (κ1) is 10.7. The van der Waals surface area contributed by atoms with Crippen LogP contribution < -0.4 is 0 Å². The maximum Gasteiger partial charge on any atom is 0.0743 e. The number of allylic oxidation sites excluding steroid dienone is 2. The molecule has 2 radical (unpaired) electrons. The second-order valence-corrected chi connectivity index (χ2v) is 6.71. The summed E-state index contributed by atoms with van der Waals surface area (Å²) < 4.78 is 0. The highest BCUT2D eigenvalue weighted by Crippen LogP contribution is 2.52. The largest absolute Gasteiger partial charge is 0.127 e. The molecular formula is C12H19BS. The van der Waals surface area contributed by atoms with Crippen LogP contribution >= 0.6 is 11.8 Å². The zero-order chi connectivity index (χ0) is 10.3. The number of hydrogen-bond donors (Lipinski definition) is 0. The molecule has 2 heteroatoms. The molecule has 2 unspecified atom stereocenters. The van der Waals surface area contributed by atoms with Crippen molar-refractivity contribution in [3.63, 3.8) is 0 Å². The van der Waals surface area contributed by atoms with Crippen molar-refractivity contribution in [2.45, 2.75) is 57.0 Å². The Morgan fingerprint density at radius 2 is 2.14 bits per heavy atom. The lowest BCUT2D eigenvalue weighted by Gasteiger charge is -2.26. The van der Waals surface area contributed by atoms with Crippen LogP contribution in [-0.4, -0.2) is 13.1 Å². The molecule has 0 N–H and O–H groups in total. The van der Waals surface area contributed by atoms with Crippen molar-refractivity contribution in [2.75, 3.05) is 0 Å². The van der Waals surface area contributed by atoms with Crippen LogP contribution in [0.3, 0.4) is 0 Å². The summed E-state index contributed by atoms with van der Waals surface area (Å²) in [6, 6.07) is 0. The van der Waals surface area contributed by atoms with E-state index in [0.29, 0.717) is 0 Å². The highest BCUT2D eigenvalue weighted by Gasteiger charge is 2.37. The maximum absolute atomic E-state index is 6.29. The van der Waals surface area contributed by atoms with Crippen molar-refractivity contribution in [2.24, 2.45) is 5.92 Å². The standard InChI is InChI=1S/C12H19BS/c1-8-9(2)14-11-7-12(3,13)6-4-5-10(8)11/h10-11H,4-7H2,1-3H3/t10?,11-,12?/m0/s1. The molecule has 2 rings (SSSR count). The van der Waals surface area contributed by atoms with Crippen LogP contribution in [0.4, 0.5) is 0 Å². The van der Waals surface area contributed by atoms with Crippen molar-refractivity contribution < 1.29 is 0 Å². The molecule has 0 bridgehead atoms. The molecule has 0 amide bonds. The third-order valence-electron chi connectivity index (χ3n) is 3.82. The van der Waals surface area contributed by atoms with Crippen LogP contribution in [0.1, 0.15) is 46.5 Å². The lowest BCUT2D eigenvalue weighted by molar-refractivity contribution is 0.524. The van der Waals surface area contributed by atoms with Gasteiger partial charge in [0.2, 0.25) is 0 Å². The lowest BCUT2D eigenvalue weighted by atomic mass is 9.65. The monoisotopic (exact) mass is 206 g/mol. The summed E-state index contributed by atoms with van der Waals surface area (Å²) in [4.78, 5) is 1.55. The molecule has 0 aromatic rings. The Hall–Kier alpha value is 0.155. The predicted molar refractivity (Wildman–Crippen MR) is 65.8 cm³/mol. The molecule has 0 spiro atoms. The lowest BCUT2D eigenvalue weighted by Crippen LogP contribution is -2.17. The average Bonchev–Trinajstić information content (AvgIpc) is 2.28. The summed E-state index contributed by atoms with van der Waals surface area (Å²) in [5.41, 5.74) is 1.64. The van der Waals surface area contributed by atoms with Crippen LogP contribution in [-0.2, 0) is 0 Å². The van der Waals surface area contributed by atoms with Gasteiger partial charge in [0.25, 0.3) is 0 Å². The molecule has 2 aliphatic rings. The quantitative estimate of drug-likeness (QED) is 0.541. The van der Waals surface area contributed by atoms with Crippen LogP contribution in [0, 0.1) is 5.92 Å². The number of thioether (sulfide) groups is 1. The first-order chi connectivity index (χ1) is 6.49. The summed E-state index contributed by atoms with van der Waals surface area (Å²) in [6.07, 6.45) is 5.05. The topological polar surface area (TPSA) is 0 Å². The van der Waals surface area contributed by atoms with E-state index in [9.17, 15) is 0 Å². The van der Waals surface area contributed by atoms with E-state index in [0.717, 1.165) is 11.2 Å². The normalized spacial score (nSPS) is 43.6. The zero-order valence-corrected chi connectivity index (χ0v) is 10.3. The highest BCUT2D eigenvalue weighted by atomic mass is 32.2. The van der Waals surface area contributed by atoms with E-state index >= 15 is 0 Å². The Labute approximate surface area is 93.3 Å². The first-order valence-electron chi connectivity index (χ1n) is 5.62. The number of hydrogen-bond acceptors (Lipinski definition) is 1. The first-order valence-corrected chi connectivity index (χ1v) is 6.50. The molecule has 1 saturated carbocycles. The third kappa shape index (κ3) is 1.91. The van der Waals surface area contributed by atoms with Crippen molar-refractivity contribution in [1.82, 2.24) is 0 Å². The minimum absolute atomic E-state index is 0.0807. The van der Waals surface area contributed by atoms with Gasteiger partial charge in [0.05, 0.1) is 7.85 Å². The zero-order valence-electron chi connectivity index (χ0n) is 9.47. The van der Waals surface area contributed by atoms with Crippen molar-refractivity contribution in [3.05, 3.63) is 10.5 Å². The molecule has 0 aromatic carbocycles. The summed E-state index contributed by atoms with van der Waals surface area (Å²) in [5.74, 6) is 0.824. The molecule has 1 fully saturated rings. The van der Waals surface area contributed by atoms with Gasteiger partial charge < -0.3 is 0 Å². The van der Waals surface area contributed by atoms with Crippen LogP contribution in [0.25, 0.3) is 0 Å². The fraction of sp³-hybridized carbons (Fsp3) is 0.833. The molecule has 1 aliphatic carbocycles. The van der Waals surface area contributed by atoms with E-state index in [1.54, 1.807) is 10.5 Å². The van der Waals surface area contributed by atoms with Gasteiger partial charge in [-0.05, 0) is 37.5 Å². The maximum atomic E-state index is 6.29. The van der Waals surface area contributed by atoms with Gasteiger partial charge >= 0.3 is 0 Å². The summed E-state index contributed by atoms with van der Waals surface area (Å²) >= 11 is 2.07. The van der Waals surface area contributed by atoms with Crippen molar-refractivity contribution in [3.8, 4) is 0 Å². The Morgan fingerprint density at radius 1 is 1.43 bits per heavy atom. The fourth-order valence-corrected chi connectivity index (χ4v) is 4.58. The fourth-order valence-electron chi connectivity index (χ4n) is 2.82. The molecule has 76 valence electrons. The average molecular weight is 206 g/mol. The predicted octanol–water partition coefficient (Wildman–Crippen LogP) is 3.93. The van der Waals surface area contributed by atoms with Gasteiger partial charge in [-0.25, -0.2) is 0 Å². The van der Waals surface area contributed by atoms with Gasteiger partial charge in [0.15, 0.2) is 0 Å². The molecule has 1 aliphatic heterocycles. The molecule has 1 heterocycles. The van der Waals surface area contributed by atoms with E-state index in [4.69, 9.17) is 7.85 Å². The van der Waals surface area contributed by atoms with Gasteiger partial charge in [0, 0.05) is 5.25 Å². The summed E-state index contributed by atoms with van der Waals surface area (Å²) in [7, 11) is 6.29. The van der Waals surface area contributed by atoms with E-state index in [1.165, 1.54) is 25.7 Å². The van der Waals surface area contributed by atoms with E-state index in [2.05, 4.69) is 32.5 Å². The van der Waals surface area contributed by atoms with Crippen molar-refractivity contribution in [1.29, 1.82) is 0 Å². The Balaban J connectivity index is 2.16. The molecule has 14 heavy (non-hydrogen) atoms. The summed E-state index contributed by atoms with van der Waals surface area (Å²) in [5, 5.41) is 0.852. The molecule has 0 nitrogen and oxygen atoms in total. The van der Waals surface area contributed by atoms with Gasteiger partial charge in [-0.1, -0.05) is 30.7 Å². The number of rotatable bonds is 0. The molecule has 3 atom stereocenters. The van der Waals surface area contributed by atoms with Gasteiger partial charge in [-0.15, -0.1) is 11.8 Å². The highest BCUT2D eigenvalue weighted by molar-refractivity contribution is 8.03. The van der Waals surface area contributed by atoms with Gasteiger partial charge in [-0.3, -0.25) is 0 Å². The minimum atomic E-state index is 0.0807. The van der Waals surface area contributed by atoms with E-state index in [1.807, 2.05) is 0 Å². The Morgan fingerprint density at radius 3 is 2.86 bits per heavy atom. The van der Waals surface area contributed by atoms with Crippen LogP contribution in [0.15, 0.2) is 10.5 Å². The SMILES string of the molecule is [B]C1(C)CCCC2C(C)=C(C)S[C@H]2C1. The van der Waals surface area contributed by atoms with E-state index in [-0.39, 0.29) is 5.31 Å². The minimum Gasteiger partial charge on any atom is -0.127 e. The second kappa shape index (κ2) is 3.62. The smallest absolute Gasteiger partial charge is 0.0743 e. The third-order valence-corrected chi connectivity index (χ3v) is 5.29. The Bertz CT molecular complexity index is 267. The molecule has 0 aromatic heterocycles.